The molecule has 0 fully saturated rings. The van der Waals surface area contributed by atoms with E-state index >= 15 is 0 Å². The molecule has 0 unspecified atom stereocenters. The summed E-state index contributed by atoms with van der Waals surface area (Å²) in [5, 5.41) is 8.09. The van der Waals surface area contributed by atoms with E-state index in [9.17, 15) is 18.0 Å². The van der Waals surface area contributed by atoms with Gasteiger partial charge in [0.1, 0.15) is 12.7 Å². The SMILES string of the molecule is O=C(CSc1ccc2ccccc2n1)Nc1cc(C(F)(F)F)ccc1-n1cncn1. The molecule has 0 aliphatic carbocycles. The van der Waals surface area contributed by atoms with Crippen LogP contribution in [0.25, 0.3) is 16.6 Å². The molecular weight excluding hydrogens is 415 g/mol. The average molecular weight is 429 g/mol. The molecule has 2 heterocycles. The number of nitrogens with zero attached hydrogens (tertiary/aromatic N) is 4. The first-order valence-electron chi connectivity index (χ1n) is 8.75. The molecule has 1 amide bonds. The smallest absolute Gasteiger partial charge is 0.323 e. The second kappa shape index (κ2) is 8.15. The lowest BCUT2D eigenvalue weighted by atomic mass is 10.1. The molecule has 0 bridgehead atoms. The summed E-state index contributed by atoms with van der Waals surface area (Å²) in [5.41, 5.74) is 0.204. The number of fused-ring (bicyclic) bond motifs is 1. The summed E-state index contributed by atoms with van der Waals surface area (Å²) in [4.78, 5) is 20.7. The van der Waals surface area contributed by atoms with Crippen LogP contribution in [0.3, 0.4) is 0 Å². The summed E-state index contributed by atoms with van der Waals surface area (Å²) < 4.78 is 40.6. The number of anilines is 1. The molecule has 4 rings (SSSR count). The first kappa shape index (κ1) is 19.9. The van der Waals surface area contributed by atoms with E-state index in [4.69, 9.17) is 0 Å². The van der Waals surface area contributed by atoms with Gasteiger partial charge < -0.3 is 5.32 Å². The van der Waals surface area contributed by atoms with Crippen molar-refractivity contribution >= 4 is 34.3 Å². The van der Waals surface area contributed by atoms with E-state index in [-0.39, 0.29) is 17.1 Å². The van der Waals surface area contributed by atoms with Gasteiger partial charge in [0, 0.05) is 5.39 Å². The Morgan fingerprint density at radius 1 is 1.10 bits per heavy atom. The van der Waals surface area contributed by atoms with Crippen LogP contribution in [0, 0.1) is 0 Å². The maximum absolute atomic E-state index is 13.1. The molecule has 0 spiro atoms. The van der Waals surface area contributed by atoms with Gasteiger partial charge in [-0.1, -0.05) is 36.0 Å². The number of hydrogen-bond donors (Lipinski definition) is 1. The van der Waals surface area contributed by atoms with E-state index in [0.717, 1.165) is 23.0 Å². The highest BCUT2D eigenvalue weighted by molar-refractivity contribution is 7.99. The van der Waals surface area contributed by atoms with Crippen LogP contribution >= 0.6 is 11.8 Å². The zero-order valence-corrected chi connectivity index (χ0v) is 16.1. The number of aromatic nitrogens is 4. The summed E-state index contributed by atoms with van der Waals surface area (Å²) in [6.45, 7) is 0. The zero-order valence-electron chi connectivity index (χ0n) is 15.3. The Morgan fingerprint density at radius 2 is 1.93 bits per heavy atom. The minimum Gasteiger partial charge on any atom is -0.323 e. The molecule has 0 saturated carbocycles. The summed E-state index contributed by atoms with van der Waals surface area (Å²) >= 11 is 1.20. The topological polar surface area (TPSA) is 72.7 Å². The lowest BCUT2D eigenvalue weighted by Crippen LogP contribution is -2.17. The zero-order chi connectivity index (χ0) is 21.1. The summed E-state index contributed by atoms with van der Waals surface area (Å²) in [6.07, 6.45) is -1.94. The number of alkyl halides is 3. The third-order valence-electron chi connectivity index (χ3n) is 4.19. The first-order valence-corrected chi connectivity index (χ1v) is 9.73. The van der Waals surface area contributed by atoms with Crippen molar-refractivity contribution in [3.05, 3.63) is 72.8 Å². The molecule has 0 atom stereocenters. The van der Waals surface area contributed by atoms with Crippen molar-refractivity contribution in [3.63, 3.8) is 0 Å². The Balaban J connectivity index is 1.52. The molecule has 2 aromatic heterocycles. The maximum atomic E-state index is 13.1. The van der Waals surface area contributed by atoms with E-state index in [0.29, 0.717) is 5.03 Å². The molecule has 30 heavy (non-hydrogen) atoms. The largest absolute Gasteiger partial charge is 0.416 e. The summed E-state index contributed by atoms with van der Waals surface area (Å²) in [7, 11) is 0. The van der Waals surface area contributed by atoms with Gasteiger partial charge in [-0.2, -0.15) is 18.3 Å². The Hall–Kier alpha value is -3.40. The minimum atomic E-state index is -4.54. The fraction of sp³-hybridized carbons (Fsp3) is 0.100. The summed E-state index contributed by atoms with van der Waals surface area (Å²) in [5.74, 6) is -0.478. The van der Waals surface area contributed by atoms with Crippen molar-refractivity contribution in [2.75, 3.05) is 11.1 Å². The van der Waals surface area contributed by atoms with Crippen LogP contribution < -0.4 is 5.32 Å². The quantitative estimate of drug-likeness (QED) is 0.471. The Kier molecular flexibility index (Phi) is 5.40. The lowest BCUT2D eigenvalue weighted by molar-refractivity contribution is -0.137. The number of benzene rings is 2. The van der Waals surface area contributed by atoms with E-state index in [2.05, 4.69) is 20.4 Å². The molecule has 10 heteroatoms. The molecule has 4 aromatic rings. The predicted octanol–water partition coefficient (Wildman–Crippen LogP) is 4.57. The van der Waals surface area contributed by atoms with Crippen LogP contribution in [0.4, 0.5) is 18.9 Å². The third kappa shape index (κ3) is 4.43. The van der Waals surface area contributed by atoms with E-state index in [1.165, 1.54) is 35.2 Å². The first-order chi connectivity index (χ1) is 14.4. The molecule has 152 valence electrons. The third-order valence-corrected chi connectivity index (χ3v) is 5.12. The predicted molar refractivity (Wildman–Crippen MR) is 107 cm³/mol. The molecule has 2 aromatic carbocycles. The number of amides is 1. The molecule has 0 aliphatic rings. The molecule has 0 saturated heterocycles. The standard InChI is InChI=1S/C20H14F3N5OS/c21-20(22,23)14-6-7-17(28-12-24-11-25-28)16(9-14)26-18(29)10-30-19-8-5-13-3-1-2-4-15(13)27-19/h1-9,11-12H,10H2,(H,26,29). The number of nitrogens with one attached hydrogen (secondary N) is 1. The Labute approximate surface area is 173 Å². The van der Waals surface area contributed by atoms with Crippen LogP contribution in [-0.2, 0) is 11.0 Å². The van der Waals surface area contributed by atoms with Gasteiger partial charge in [-0.3, -0.25) is 4.79 Å². The van der Waals surface area contributed by atoms with Gasteiger partial charge >= 0.3 is 6.18 Å². The van der Waals surface area contributed by atoms with Crippen LogP contribution in [-0.4, -0.2) is 31.4 Å². The number of rotatable bonds is 5. The van der Waals surface area contributed by atoms with Crippen molar-refractivity contribution in [2.24, 2.45) is 0 Å². The summed E-state index contributed by atoms with van der Waals surface area (Å²) in [6, 6.07) is 14.3. The van der Waals surface area contributed by atoms with Gasteiger partial charge in [-0.05, 0) is 30.3 Å². The van der Waals surface area contributed by atoms with Gasteiger partial charge in [0.15, 0.2) is 0 Å². The van der Waals surface area contributed by atoms with Gasteiger partial charge in [0.25, 0.3) is 0 Å². The average Bonchev–Trinajstić information content (AvgIpc) is 3.26. The molecule has 0 radical (unpaired) electrons. The Bertz CT molecular complexity index is 1190. The highest BCUT2D eigenvalue weighted by Gasteiger charge is 2.31. The van der Waals surface area contributed by atoms with Crippen LogP contribution in [0.5, 0.6) is 0 Å². The number of carbonyl (C=O) groups excluding carboxylic acids is 1. The number of hydrogen-bond acceptors (Lipinski definition) is 5. The van der Waals surface area contributed by atoms with Crippen molar-refractivity contribution in [1.29, 1.82) is 0 Å². The molecular formula is C20H14F3N5OS. The minimum absolute atomic E-state index is 0.00704. The Morgan fingerprint density at radius 3 is 2.70 bits per heavy atom. The molecule has 1 N–H and O–H groups in total. The van der Waals surface area contributed by atoms with E-state index in [1.807, 2.05) is 30.3 Å². The van der Waals surface area contributed by atoms with Gasteiger partial charge in [-0.15, -0.1) is 0 Å². The monoisotopic (exact) mass is 429 g/mol. The molecule has 6 nitrogen and oxygen atoms in total. The van der Waals surface area contributed by atoms with Crippen LogP contribution in [0.1, 0.15) is 5.56 Å². The number of carbonyl (C=O) groups is 1. The maximum Gasteiger partial charge on any atom is 0.416 e. The number of halogens is 3. The van der Waals surface area contributed by atoms with Crippen LogP contribution in [0.2, 0.25) is 0 Å². The molecule has 0 aliphatic heterocycles. The van der Waals surface area contributed by atoms with Crippen molar-refractivity contribution in [1.82, 2.24) is 19.7 Å². The van der Waals surface area contributed by atoms with Crippen molar-refractivity contribution < 1.29 is 18.0 Å². The highest BCUT2D eigenvalue weighted by Crippen LogP contribution is 2.33. The lowest BCUT2D eigenvalue weighted by Gasteiger charge is -2.14. The van der Waals surface area contributed by atoms with E-state index in [1.54, 1.807) is 6.07 Å². The van der Waals surface area contributed by atoms with E-state index < -0.39 is 17.6 Å². The fourth-order valence-corrected chi connectivity index (χ4v) is 3.48. The van der Waals surface area contributed by atoms with Gasteiger partial charge in [0.2, 0.25) is 5.91 Å². The number of para-hydroxylation sites is 1. The van der Waals surface area contributed by atoms with Crippen molar-refractivity contribution in [3.8, 4) is 5.69 Å². The second-order valence-electron chi connectivity index (χ2n) is 6.25. The fourth-order valence-electron chi connectivity index (χ4n) is 2.80. The van der Waals surface area contributed by atoms with Gasteiger partial charge in [0.05, 0.1) is 33.2 Å². The number of pyridine rings is 1. The normalized spacial score (nSPS) is 11.6. The second-order valence-corrected chi connectivity index (χ2v) is 7.24. The van der Waals surface area contributed by atoms with Crippen LogP contribution in [0.15, 0.2) is 72.3 Å². The van der Waals surface area contributed by atoms with Crippen molar-refractivity contribution in [2.45, 2.75) is 11.2 Å². The van der Waals surface area contributed by atoms with Gasteiger partial charge in [-0.25, -0.2) is 14.6 Å². The number of thioether (sulfide) groups is 1. The highest BCUT2D eigenvalue weighted by atomic mass is 32.2.